The Morgan fingerprint density at radius 2 is 1.62 bits per heavy atom. The lowest BCUT2D eigenvalue weighted by atomic mass is 10.1. The van der Waals surface area contributed by atoms with E-state index in [0.29, 0.717) is 23.9 Å². The van der Waals surface area contributed by atoms with Gasteiger partial charge in [0.25, 0.3) is 5.91 Å². The molecule has 0 aromatic heterocycles. The summed E-state index contributed by atoms with van der Waals surface area (Å²) in [5.74, 6) is 1.30. The topological polar surface area (TPSA) is 47.6 Å². The van der Waals surface area contributed by atoms with Crippen molar-refractivity contribution in [3.63, 3.8) is 0 Å². The van der Waals surface area contributed by atoms with Crippen molar-refractivity contribution in [2.75, 3.05) is 19.8 Å². The smallest absolute Gasteiger partial charge is 0.257 e. The lowest BCUT2D eigenvalue weighted by molar-refractivity contribution is -0.123. The van der Waals surface area contributed by atoms with Crippen LogP contribution >= 0.6 is 11.6 Å². The van der Waals surface area contributed by atoms with Crippen LogP contribution in [0.15, 0.2) is 48.5 Å². The van der Waals surface area contributed by atoms with Gasteiger partial charge in [0.15, 0.2) is 6.61 Å². The average molecular weight is 348 g/mol. The van der Waals surface area contributed by atoms with E-state index in [1.165, 1.54) is 0 Å². The number of ether oxygens (including phenoxy) is 2. The Hall–Kier alpha value is -2.20. The molecule has 0 saturated carbocycles. The number of hydrogen-bond donors (Lipinski definition) is 1. The third kappa shape index (κ3) is 6.50. The molecule has 2 aromatic rings. The van der Waals surface area contributed by atoms with Crippen molar-refractivity contribution in [1.82, 2.24) is 5.32 Å². The number of nitrogens with one attached hydrogen (secondary N) is 1. The number of hydrogen-bond acceptors (Lipinski definition) is 3. The van der Waals surface area contributed by atoms with Gasteiger partial charge in [-0.05, 0) is 54.8 Å². The van der Waals surface area contributed by atoms with E-state index < -0.39 is 0 Å². The molecular weight excluding hydrogens is 326 g/mol. The first-order valence-electron chi connectivity index (χ1n) is 8.04. The zero-order chi connectivity index (χ0) is 17.2. The fourth-order valence-corrected chi connectivity index (χ4v) is 2.18. The van der Waals surface area contributed by atoms with Crippen LogP contribution in [0, 0.1) is 0 Å². The fraction of sp³-hybridized carbons (Fsp3) is 0.316. The van der Waals surface area contributed by atoms with Crippen molar-refractivity contribution in [1.29, 1.82) is 0 Å². The molecule has 0 spiro atoms. The second-order valence-electron chi connectivity index (χ2n) is 5.33. The Morgan fingerprint density at radius 3 is 2.25 bits per heavy atom. The van der Waals surface area contributed by atoms with Gasteiger partial charge >= 0.3 is 0 Å². The van der Waals surface area contributed by atoms with Crippen LogP contribution in [-0.2, 0) is 11.2 Å². The maximum absolute atomic E-state index is 11.8. The van der Waals surface area contributed by atoms with Crippen LogP contribution in [0.25, 0.3) is 0 Å². The summed E-state index contributed by atoms with van der Waals surface area (Å²) in [6, 6.07) is 14.9. The molecule has 0 atom stereocenters. The monoisotopic (exact) mass is 347 g/mol. The molecule has 0 aliphatic heterocycles. The molecule has 1 amide bonds. The largest absolute Gasteiger partial charge is 0.494 e. The molecule has 24 heavy (non-hydrogen) atoms. The van der Waals surface area contributed by atoms with E-state index >= 15 is 0 Å². The van der Waals surface area contributed by atoms with Crippen LogP contribution in [-0.4, -0.2) is 25.7 Å². The minimum atomic E-state index is -0.143. The molecule has 2 rings (SSSR count). The predicted octanol–water partition coefficient (Wildman–Crippen LogP) is 3.87. The molecule has 0 bridgehead atoms. The van der Waals surface area contributed by atoms with E-state index in [1.807, 2.05) is 36.4 Å². The highest BCUT2D eigenvalue weighted by Gasteiger charge is 2.03. The third-order valence-corrected chi connectivity index (χ3v) is 3.57. The maximum atomic E-state index is 11.8. The van der Waals surface area contributed by atoms with E-state index in [-0.39, 0.29) is 12.5 Å². The number of halogens is 1. The van der Waals surface area contributed by atoms with E-state index in [4.69, 9.17) is 21.1 Å². The molecule has 5 heteroatoms. The minimum Gasteiger partial charge on any atom is -0.494 e. The summed E-state index contributed by atoms with van der Waals surface area (Å²) in [5, 5.41) is 3.54. The summed E-state index contributed by atoms with van der Waals surface area (Å²) in [4.78, 5) is 11.8. The molecule has 1 N–H and O–H groups in total. The second-order valence-corrected chi connectivity index (χ2v) is 5.77. The van der Waals surface area contributed by atoms with Crippen molar-refractivity contribution in [3.8, 4) is 11.5 Å². The van der Waals surface area contributed by atoms with Crippen molar-refractivity contribution in [2.24, 2.45) is 0 Å². The minimum absolute atomic E-state index is 0.00418. The van der Waals surface area contributed by atoms with Crippen LogP contribution in [0.2, 0.25) is 5.02 Å². The first-order valence-corrected chi connectivity index (χ1v) is 8.42. The van der Waals surface area contributed by atoms with Crippen LogP contribution in [0.3, 0.4) is 0 Å². The van der Waals surface area contributed by atoms with Gasteiger partial charge < -0.3 is 14.8 Å². The van der Waals surface area contributed by atoms with Crippen molar-refractivity contribution >= 4 is 17.5 Å². The molecule has 0 radical (unpaired) electrons. The summed E-state index contributed by atoms with van der Waals surface area (Å²) in [6.45, 7) is 3.31. The van der Waals surface area contributed by atoms with Crippen molar-refractivity contribution < 1.29 is 14.3 Å². The highest BCUT2D eigenvalue weighted by molar-refractivity contribution is 6.30. The van der Waals surface area contributed by atoms with Gasteiger partial charge in [0.1, 0.15) is 11.5 Å². The maximum Gasteiger partial charge on any atom is 0.257 e. The summed E-state index contributed by atoms with van der Waals surface area (Å²) in [6.07, 6.45) is 1.72. The van der Waals surface area contributed by atoms with Crippen molar-refractivity contribution in [2.45, 2.75) is 19.8 Å². The first-order chi connectivity index (χ1) is 11.7. The van der Waals surface area contributed by atoms with Gasteiger partial charge in [0, 0.05) is 11.6 Å². The molecule has 2 aromatic carbocycles. The second kappa shape index (κ2) is 9.83. The van der Waals surface area contributed by atoms with E-state index in [2.05, 4.69) is 12.2 Å². The Bertz CT molecular complexity index is 626. The SMILES string of the molecule is CCCOc1ccc(OCC(=O)NCCc2ccc(Cl)cc2)cc1. The summed E-state index contributed by atoms with van der Waals surface area (Å²) in [5.41, 5.74) is 1.13. The normalized spacial score (nSPS) is 10.2. The lowest BCUT2D eigenvalue weighted by Crippen LogP contribution is -2.30. The predicted molar refractivity (Wildman–Crippen MR) is 95.9 cm³/mol. The summed E-state index contributed by atoms with van der Waals surface area (Å²) in [7, 11) is 0. The lowest BCUT2D eigenvalue weighted by Gasteiger charge is -2.09. The fourth-order valence-electron chi connectivity index (χ4n) is 2.05. The van der Waals surface area contributed by atoms with Crippen LogP contribution in [0.1, 0.15) is 18.9 Å². The number of carbonyl (C=O) groups is 1. The first kappa shape index (κ1) is 18.1. The number of amides is 1. The Kier molecular flexibility index (Phi) is 7.43. The molecule has 0 aliphatic rings. The summed E-state index contributed by atoms with van der Waals surface area (Å²) >= 11 is 5.84. The molecule has 0 unspecified atom stereocenters. The number of benzene rings is 2. The average Bonchev–Trinajstić information content (AvgIpc) is 2.61. The van der Waals surface area contributed by atoms with Gasteiger partial charge in [-0.15, -0.1) is 0 Å². The van der Waals surface area contributed by atoms with Crippen LogP contribution in [0.4, 0.5) is 0 Å². The van der Waals surface area contributed by atoms with Gasteiger partial charge in [-0.2, -0.15) is 0 Å². The number of carbonyl (C=O) groups excluding carboxylic acids is 1. The highest BCUT2D eigenvalue weighted by atomic mass is 35.5. The standard InChI is InChI=1S/C19H22ClNO3/c1-2-13-23-17-7-9-18(10-8-17)24-14-19(22)21-12-11-15-3-5-16(20)6-4-15/h3-10H,2,11-14H2,1H3,(H,21,22). The molecular formula is C19H22ClNO3. The van der Waals surface area contributed by atoms with Gasteiger partial charge in [0.05, 0.1) is 6.61 Å². The zero-order valence-corrected chi connectivity index (χ0v) is 14.5. The molecule has 0 heterocycles. The highest BCUT2D eigenvalue weighted by Crippen LogP contribution is 2.17. The van der Waals surface area contributed by atoms with E-state index in [0.717, 1.165) is 24.2 Å². The molecule has 4 nitrogen and oxygen atoms in total. The van der Waals surface area contributed by atoms with Crippen LogP contribution in [0.5, 0.6) is 11.5 Å². The van der Waals surface area contributed by atoms with Gasteiger partial charge in [-0.3, -0.25) is 4.79 Å². The Morgan fingerprint density at radius 1 is 1.00 bits per heavy atom. The molecule has 0 fully saturated rings. The summed E-state index contributed by atoms with van der Waals surface area (Å²) < 4.78 is 11.0. The molecule has 0 saturated heterocycles. The van der Waals surface area contributed by atoms with E-state index in [9.17, 15) is 4.79 Å². The van der Waals surface area contributed by atoms with Crippen molar-refractivity contribution in [3.05, 3.63) is 59.1 Å². The van der Waals surface area contributed by atoms with Gasteiger partial charge in [0.2, 0.25) is 0 Å². The molecule has 128 valence electrons. The quantitative estimate of drug-likeness (QED) is 0.749. The molecule has 0 aliphatic carbocycles. The van der Waals surface area contributed by atoms with E-state index in [1.54, 1.807) is 12.1 Å². The van der Waals surface area contributed by atoms with Crippen LogP contribution < -0.4 is 14.8 Å². The van der Waals surface area contributed by atoms with Gasteiger partial charge in [-0.1, -0.05) is 30.7 Å². The Balaban J connectivity index is 1.66. The van der Waals surface area contributed by atoms with Gasteiger partial charge in [-0.25, -0.2) is 0 Å². The Labute approximate surface area is 147 Å². The third-order valence-electron chi connectivity index (χ3n) is 3.32. The number of rotatable bonds is 9. The zero-order valence-electron chi connectivity index (χ0n) is 13.8.